The molecule has 0 spiro atoms. The number of hydrogen-bond donors (Lipinski definition) is 1. The summed E-state index contributed by atoms with van der Waals surface area (Å²) in [4.78, 5) is 0.271. The van der Waals surface area contributed by atoms with Gasteiger partial charge in [-0.05, 0) is 43.5 Å². The minimum Gasteiger partial charge on any atom is -0.495 e. The summed E-state index contributed by atoms with van der Waals surface area (Å²) in [6.45, 7) is 3.97. The first-order chi connectivity index (χ1) is 9.98. The molecule has 0 aliphatic carbocycles. The molecule has 0 bridgehead atoms. The van der Waals surface area contributed by atoms with Crippen LogP contribution in [0.15, 0.2) is 23.1 Å². The number of rotatable bonds is 5. The number of nitrogens with one attached hydrogen (secondary N) is 1. The summed E-state index contributed by atoms with van der Waals surface area (Å²) in [7, 11) is -0.146. The van der Waals surface area contributed by atoms with E-state index in [1.807, 2.05) is 13.1 Å². The van der Waals surface area contributed by atoms with Crippen LogP contribution in [0.1, 0.15) is 25.3 Å². The Morgan fingerprint density at radius 2 is 2.00 bits per heavy atom. The molecule has 0 aromatic heterocycles. The smallest absolute Gasteiger partial charge is 0.246 e. The molecule has 1 heterocycles. The maximum absolute atomic E-state index is 12.9. The summed E-state index contributed by atoms with van der Waals surface area (Å²) in [5.74, 6) is 1.00. The van der Waals surface area contributed by atoms with Crippen molar-refractivity contribution in [3.05, 3.63) is 23.8 Å². The highest BCUT2D eigenvalue weighted by Gasteiger charge is 2.30. The lowest BCUT2D eigenvalue weighted by Crippen LogP contribution is -2.38. The molecule has 1 saturated heterocycles. The predicted molar refractivity (Wildman–Crippen MR) is 82.9 cm³/mol. The van der Waals surface area contributed by atoms with E-state index in [1.54, 1.807) is 16.4 Å². The van der Waals surface area contributed by atoms with Crippen molar-refractivity contribution in [3.8, 4) is 5.75 Å². The van der Waals surface area contributed by atoms with Crippen LogP contribution in [0.4, 0.5) is 0 Å². The Morgan fingerprint density at radius 3 is 2.57 bits per heavy atom. The number of ether oxygens (including phenoxy) is 1. The Balaban J connectivity index is 2.35. The van der Waals surface area contributed by atoms with Crippen molar-refractivity contribution >= 4 is 10.0 Å². The van der Waals surface area contributed by atoms with Gasteiger partial charge in [-0.25, -0.2) is 8.42 Å². The van der Waals surface area contributed by atoms with Gasteiger partial charge >= 0.3 is 0 Å². The number of nitrogens with zero attached hydrogens (tertiary/aromatic N) is 1. The van der Waals surface area contributed by atoms with Gasteiger partial charge in [-0.1, -0.05) is 13.0 Å². The molecule has 5 nitrogen and oxygen atoms in total. The van der Waals surface area contributed by atoms with Crippen molar-refractivity contribution in [1.82, 2.24) is 9.62 Å². The molecular formula is C15H24N2O3S. The van der Waals surface area contributed by atoms with E-state index in [9.17, 15) is 8.42 Å². The van der Waals surface area contributed by atoms with Crippen LogP contribution in [-0.2, 0) is 16.6 Å². The van der Waals surface area contributed by atoms with E-state index in [0.29, 0.717) is 31.3 Å². The van der Waals surface area contributed by atoms with Crippen molar-refractivity contribution in [2.75, 3.05) is 27.2 Å². The minimum absolute atomic E-state index is 0.271. The maximum Gasteiger partial charge on any atom is 0.246 e. The van der Waals surface area contributed by atoms with E-state index < -0.39 is 10.0 Å². The van der Waals surface area contributed by atoms with Gasteiger partial charge in [0.2, 0.25) is 10.0 Å². The largest absolute Gasteiger partial charge is 0.495 e. The third kappa shape index (κ3) is 3.56. The molecule has 1 N–H and O–H groups in total. The molecule has 1 fully saturated rings. The zero-order valence-electron chi connectivity index (χ0n) is 12.9. The molecule has 0 unspecified atom stereocenters. The summed E-state index contributed by atoms with van der Waals surface area (Å²) < 4.78 is 32.5. The third-order valence-corrected chi connectivity index (χ3v) is 5.89. The molecular weight excluding hydrogens is 288 g/mol. The average molecular weight is 312 g/mol. The fraction of sp³-hybridized carbons (Fsp3) is 0.600. The molecule has 6 heteroatoms. The molecule has 0 saturated carbocycles. The monoisotopic (exact) mass is 312 g/mol. The van der Waals surface area contributed by atoms with E-state index in [2.05, 4.69) is 12.2 Å². The quantitative estimate of drug-likeness (QED) is 0.901. The van der Waals surface area contributed by atoms with Crippen LogP contribution in [0.25, 0.3) is 0 Å². The summed E-state index contributed by atoms with van der Waals surface area (Å²) >= 11 is 0. The second-order valence-electron chi connectivity index (χ2n) is 5.60. The standard InChI is InChI=1S/C15H24N2O3S/c1-12-6-8-17(9-7-12)21(18,19)15-10-13(11-16-2)4-5-14(15)20-3/h4-5,10,12,16H,6-9,11H2,1-3H3. The van der Waals surface area contributed by atoms with Crippen LogP contribution in [-0.4, -0.2) is 40.0 Å². The Labute approximate surface area is 127 Å². The zero-order chi connectivity index (χ0) is 15.5. The van der Waals surface area contributed by atoms with E-state index in [4.69, 9.17) is 4.74 Å². The van der Waals surface area contributed by atoms with Gasteiger partial charge in [0.25, 0.3) is 0 Å². The van der Waals surface area contributed by atoms with E-state index in [1.165, 1.54) is 7.11 Å². The highest BCUT2D eigenvalue weighted by Crippen LogP contribution is 2.30. The fourth-order valence-electron chi connectivity index (χ4n) is 2.60. The van der Waals surface area contributed by atoms with Gasteiger partial charge in [-0.15, -0.1) is 0 Å². The molecule has 0 radical (unpaired) electrons. The SMILES string of the molecule is CNCc1ccc(OC)c(S(=O)(=O)N2CCC(C)CC2)c1. The summed E-state index contributed by atoms with van der Waals surface area (Å²) in [5.41, 5.74) is 0.933. The molecule has 0 atom stereocenters. The van der Waals surface area contributed by atoms with Crippen LogP contribution < -0.4 is 10.1 Å². The average Bonchev–Trinajstić information content (AvgIpc) is 2.48. The third-order valence-electron chi connectivity index (χ3n) is 3.97. The van der Waals surface area contributed by atoms with E-state index >= 15 is 0 Å². The normalized spacial score (nSPS) is 17.9. The van der Waals surface area contributed by atoms with Crippen LogP contribution in [0.3, 0.4) is 0 Å². The van der Waals surface area contributed by atoms with Crippen molar-refractivity contribution in [2.24, 2.45) is 5.92 Å². The van der Waals surface area contributed by atoms with Gasteiger partial charge in [-0.2, -0.15) is 4.31 Å². The molecule has 21 heavy (non-hydrogen) atoms. The molecule has 1 aliphatic rings. The fourth-order valence-corrected chi connectivity index (χ4v) is 4.28. The lowest BCUT2D eigenvalue weighted by atomic mass is 10.0. The lowest BCUT2D eigenvalue weighted by molar-refractivity contribution is 0.287. The number of methoxy groups -OCH3 is 1. The first-order valence-electron chi connectivity index (χ1n) is 7.30. The number of piperidine rings is 1. The first-order valence-corrected chi connectivity index (χ1v) is 8.74. The van der Waals surface area contributed by atoms with Crippen molar-refractivity contribution in [2.45, 2.75) is 31.2 Å². The van der Waals surface area contributed by atoms with Gasteiger partial charge < -0.3 is 10.1 Å². The van der Waals surface area contributed by atoms with Gasteiger partial charge in [0.1, 0.15) is 10.6 Å². The van der Waals surface area contributed by atoms with Crippen molar-refractivity contribution in [3.63, 3.8) is 0 Å². The second kappa shape index (κ2) is 6.77. The second-order valence-corrected chi connectivity index (χ2v) is 7.51. The van der Waals surface area contributed by atoms with Crippen LogP contribution >= 0.6 is 0 Å². The number of sulfonamides is 1. The Hall–Kier alpha value is -1.11. The predicted octanol–water partition coefficient (Wildman–Crippen LogP) is 1.84. The summed E-state index contributed by atoms with van der Waals surface area (Å²) in [6, 6.07) is 5.32. The molecule has 118 valence electrons. The Kier molecular flexibility index (Phi) is 5.24. The lowest BCUT2D eigenvalue weighted by Gasteiger charge is -2.30. The van der Waals surface area contributed by atoms with Gasteiger partial charge in [0.15, 0.2) is 0 Å². The van der Waals surface area contributed by atoms with Gasteiger partial charge in [-0.3, -0.25) is 0 Å². The molecule has 2 rings (SSSR count). The van der Waals surface area contributed by atoms with E-state index in [0.717, 1.165) is 18.4 Å². The number of benzene rings is 1. The van der Waals surface area contributed by atoms with E-state index in [-0.39, 0.29) is 4.90 Å². The molecule has 1 aromatic rings. The highest BCUT2D eigenvalue weighted by atomic mass is 32.2. The zero-order valence-corrected chi connectivity index (χ0v) is 13.7. The van der Waals surface area contributed by atoms with Crippen LogP contribution in [0.2, 0.25) is 0 Å². The highest BCUT2D eigenvalue weighted by molar-refractivity contribution is 7.89. The van der Waals surface area contributed by atoms with Gasteiger partial charge in [0, 0.05) is 19.6 Å². The first kappa shape index (κ1) is 16.3. The minimum atomic E-state index is -3.49. The Morgan fingerprint density at radius 1 is 1.33 bits per heavy atom. The van der Waals surface area contributed by atoms with Crippen molar-refractivity contribution in [1.29, 1.82) is 0 Å². The molecule has 1 aromatic carbocycles. The number of hydrogen-bond acceptors (Lipinski definition) is 4. The Bertz CT molecular complexity index is 579. The summed E-state index contributed by atoms with van der Waals surface area (Å²) in [6.07, 6.45) is 1.83. The molecule has 1 aliphatic heterocycles. The maximum atomic E-state index is 12.9. The van der Waals surface area contributed by atoms with Crippen LogP contribution in [0, 0.1) is 5.92 Å². The summed E-state index contributed by atoms with van der Waals surface area (Å²) in [5, 5.41) is 3.04. The van der Waals surface area contributed by atoms with Crippen molar-refractivity contribution < 1.29 is 13.2 Å². The van der Waals surface area contributed by atoms with Gasteiger partial charge in [0.05, 0.1) is 7.11 Å². The topological polar surface area (TPSA) is 58.6 Å². The molecule has 0 amide bonds. The van der Waals surface area contributed by atoms with Crippen LogP contribution in [0.5, 0.6) is 5.75 Å².